The van der Waals surface area contributed by atoms with Crippen molar-refractivity contribution >= 4 is 11.3 Å². The molecule has 124 valence electrons. The van der Waals surface area contributed by atoms with Crippen LogP contribution in [0.1, 0.15) is 22.7 Å². The van der Waals surface area contributed by atoms with Crippen LogP contribution in [0.15, 0.2) is 46.3 Å². The lowest BCUT2D eigenvalue weighted by molar-refractivity contribution is -0.0352. The van der Waals surface area contributed by atoms with Crippen molar-refractivity contribution in [3.8, 4) is 11.3 Å². The summed E-state index contributed by atoms with van der Waals surface area (Å²) < 4.78 is 11.8. The fourth-order valence-electron chi connectivity index (χ4n) is 2.83. The minimum Gasteiger partial charge on any atom is -0.439 e. The fraction of sp³-hybridized carbons (Fsp3) is 0.333. The van der Waals surface area contributed by atoms with E-state index >= 15 is 0 Å². The fourth-order valence-corrected chi connectivity index (χ4v) is 3.66. The molecule has 2 aromatic heterocycles. The van der Waals surface area contributed by atoms with Gasteiger partial charge in [-0.1, -0.05) is 30.3 Å². The normalized spacial score (nSPS) is 18.8. The number of ether oxygens (including phenoxy) is 1. The van der Waals surface area contributed by atoms with Crippen LogP contribution in [0.2, 0.25) is 0 Å². The molecule has 6 heteroatoms. The van der Waals surface area contributed by atoms with Gasteiger partial charge in [-0.05, 0) is 6.92 Å². The van der Waals surface area contributed by atoms with Crippen molar-refractivity contribution in [2.24, 2.45) is 0 Å². The molecule has 0 amide bonds. The summed E-state index contributed by atoms with van der Waals surface area (Å²) in [5, 5.41) is 3.12. The zero-order valence-electron chi connectivity index (χ0n) is 13.5. The number of hydrogen-bond donors (Lipinski definition) is 0. The molecule has 0 radical (unpaired) electrons. The third-order valence-corrected chi connectivity index (χ3v) is 5.09. The first kappa shape index (κ1) is 15.5. The monoisotopic (exact) mass is 341 g/mol. The summed E-state index contributed by atoms with van der Waals surface area (Å²) in [5.41, 5.74) is 2.10. The highest BCUT2D eigenvalue weighted by molar-refractivity contribution is 7.09. The molecule has 1 fully saturated rings. The molecule has 3 aromatic rings. The largest absolute Gasteiger partial charge is 0.439 e. The van der Waals surface area contributed by atoms with Gasteiger partial charge in [0.15, 0.2) is 5.76 Å². The molecule has 0 N–H and O–H groups in total. The van der Waals surface area contributed by atoms with Gasteiger partial charge >= 0.3 is 0 Å². The Bertz CT molecular complexity index is 799. The quantitative estimate of drug-likeness (QED) is 0.724. The van der Waals surface area contributed by atoms with Crippen LogP contribution in [0, 0.1) is 6.92 Å². The second-order valence-corrected chi connectivity index (χ2v) is 6.80. The summed E-state index contributed by atoms with van der Waals surface area (Å²) >= 11 is 1.66. The minimum absolute atomic E-state index is 0.0426. The zero-order chi connectivity index (χ0) is 16.4. The maximum Gasteiger partial charge on any atom is 0.209 e. The molecule has 0 aliphatic carbocycles. The van der Waals surface area contributed by atoms with E-state index in [4.69, 9.17) is 9.15 Å². The van der Waals surface area contributed by atoms with Gasteiger partial charge < -0.3 is 9.15 Å². The smallest absolute Gasteiger partial charge is 0.209 e. The van der Waals surface area contributed by atoms with E-state index in [0.717, 1.165) is 41.0 Å². The Morgan fingerprint density at radius 1 is 1.29 bits per heavy atom. The van der Waals surface area contributed by atoms with Crippen molar-refractivity contribution in [1.82, 2.24) is 14.9 Å². The van der Waals surface area contributed by atoms with Crippen molar-refractivity contribution in [3.05, 3.63) is 58.5 Å². The topological polar surface area (TPSA) is 51.4 Å². The van der Waals surface area contributed by atoms with Crippen LogP contribution < -0.4 is 0 Å². The summed E-state index contributed by atoms with van der Waals surface area (Å²) in [6.07, 6.45) is 1.84. The van der Waals surface area contributed by atoms with Gasteiger partial charge in [-0.3, -0.25) is 4.90 Å². The van der Waals surface area contributed by atoms with E-state index in [2.05, 4.69) is 20.2 Å². The Hall–Kier alpha value is -2.02. The number of morpholine rings is 1. The van der Waals surface area contributed by atoms with Crippen LogP contribution in [0.3, 0.4) is 0 Å². The van der Waals surface area contributed by atoms with E-state index in [1.54, 1.807) is 17.5 Å². The number of aromatic nitrogens is 2. The summed E-state index contributed by atoms with van der Waals surface area (Å²) in [4.78, 5) is 11.3. The molecule has 4 rings (SSSR count). The van der Waals surface area contributed by atoms with Gasteiger partial charge in [-0.2, -0.15) is 0 Å². The van der Waals surface area contributed by atoms with Crippen LogP contribution in [0.4, 0.5) is 0 Å². The molecule has 24 heavy (non-hydrogen) atoms. The molecule has 3 heterocycles. The van der Waals surface area contributed by atoms with Crippen LogP contribution in [0.25, 0.3) is 11.3 Å². The Balaban J connectivity index is 1.43. The van der Waals surface area contributed by atoms with E-state index in [0.29, 0.717) is 13.2 Å². The number of oxazole rings is 1. The maximum absolute atomic E-state index is 5.91. The number of rotatable bonds is 4. The van der Waals surface area contributed by atoms with E-state index < -0.39 is 0 Å². The minimum atomic E-state index is 0.0426. The van der Waals surface area contributed by atoms with Crippen LogP contribution in [0.5, 0.6) is 0 Å². The first-order valence-electron chi connectivity index (χ1n) is 8.04. The average molecular weight is 341 g/mol. The molecule has 5 nitrogen and oxygen atoms in total. The summed E-state index contributed by atoms with van der Waals surface area (Å²) in [6.45, 7) is 5.10. The van der Waals surface area contributed by atoms with Gasteiger partial charge in [0, 0.05) is 29.7 Å². The Morgan fingerprint density at radius 3 is 2.96 bits per heavy atom. The first-order chi connectivity index (χ1) is 11.8. The summed E-state index contributed by atoms with van der Waals surface area (Å²) in [6, 6.07) is 10.1. The van der Waals surface area contributed by atoms with Crippen molar-refractivity contribution in [2.45, 2.75) is 19.6 Å². The van der Waals surface area contributed by atoms with Gasteiger partial charge in [0.25, 0.3) is 0 Å². The third-order valence-electron chi connectivity index (χ3n) is 4.03. The van der Waals surface area contributed by atoms with Gasteiger partial charge in [0.05, 0.1) is 19.3 Å². The van der Waals surface area contributed by atoms with E-state index in [1.165, 1.54) is 0 Å². The molecule has 1 aliphatic heterocycles. The maximum atomic E-state index is 5.91. The van der Waals surface area contributed by atoms with Crippen molar-refractivity contribution in [3.63, 3.8) is 0 Å². The lowest BCUT2D eigenvalue weighted by Gasteiger charge is -2.30. The van der Waals surface area contributed by atoms with Gasteiger partial charge in [-0.25, -0.2) is 9.97 Å². The number of thiazole rings is 1. The third kappa shape index (κ3) is 3.40. The molecule has 1 aliphatic rings. The standard InChI is InChI=1S/C18H19N3O2S/c1-13-12-24-18(20-13)16-10-21(7-8-22-16)11-17-19-9-15(23-17)14-5-3-2-4-6-14/h2-6,9,12,16H,7-8,10-11H2,1H3. The highest BCUT2D eigenvalue weighted by Crippen LogP contribution is 2.26. The molecule has 0 spiro atoms. The zero-order valence-corrected chi connectivity index (χ0v) is 14.3. The molecule has 1 unspecified atom stereocenters. The van der Waals surface area contributed by atoms with Gasteiger partial charge in [0.1, 0.15) is 11.1 Å². The Morgan fingerprint density at radius 2 is 2.17 bits per heavy atom. The Kier molecular flexibility index (Phi) is 4.42. The van der Waals surface area contributed by atoms with Crippen LogP contribution in [-0.2, 0) is 11.3 Å². The molecular weight excluding hydrogens is 322 g/mol. The number of hydrogen-bond acceptors (Lipinski definition) is 6. The number of benzene rings is 1. The van der Waals surface area contributed by atoms with Crippen LogP contribution in [-0.4, -0.2) is 34.6 Å². The molecule has 1 aromatic carbocycles. The summed E-state index contributed by atoms with van der Waals surface area (Å²) in [5.74, 6) is 1.55. The first-order valence-corrected chi connectivity index (χ1v) is 8.92. The molecular formula is C18H19N3O2S. The average Bonchev–Trinajstić information content (AvgIpc) is 3.25. The predicted octanol–water partition coefficient (Wildman–Crippen LogP) is 3.68. The molecule has 1 atom stereocenters. The van der Waals surface area contributed by atoms with Crippen LogP contribution >= 0.6 is 11.3 Å². The lowest BCUT2D eigenvalue weighted by Crippen LogP contribution is -2.37. The van der Waals surface area contributed by atoms with Crippen molar-refractivity contribution in [2.75, 3.05) is 19.7 Å². The molecule has 0 bridgehead atoms. The second-order valence-electron chi connectivity index (χ2n) is 5.91. The molecule has 0 saturated carbocycles. The van der Waals surface area contributed by atoms with E-state index in [1.807, 2.05) is 37.3 Å². The Labute approximate surface area is 144 Å². The number of aryl methyl sites for hydroxylation is 1. The van der Waals surface area contributed by atoms with Gasteiger partial charge in [-0.15, -0.1) is 11.3 Å². The molecule has 1 saturated heterocycles. The van der Waals surface area contributed by atoms with E-state index in [-0.39, 0.29) is 6.10 Å². The SMILES string of the molecule is Cc1csc(C2CN(Cc3ncc(-c4ccccc4)o3)CCO2)n1. The van der Waals surface area contributed by atoms with Crippen molar-refractivity contribution in [1.29, 1.82) is 0 Å². The lowest BCUT2D eigenvalue weighted by atomic mass is 10.2. The summed E-state index contributed by atoms with van der Waals surface area (Å²) in [7, 11) is 0. The second kappa shape index (κ2) is 6.84. The predicted molar refractivity (Wildman–Crippen MR) is 92.8 cm³/mol. The number of nitrogens with zero attached hydrogens (tertiary/aromatic N) is 3. The highest BCUT2D eigenvalue weighted by Gasteiger charge is 2.25. The van der Waals surface area contributed by atoms with Crippen molar-refractivity contribution < 1.29 is 9.15 Å². The van der Waals surface area contributed by atoms with Gasteiger partial charge in [0.2, 0.25) is 5.89 Å². The van der Waals surface area contributed by atoms with E-state index in [9.17, 15) is 0 Å². The highest BCUT2D eigenvalue weighted by atomic mass is 32.1.